The molecule has 2 fully saturated rings. The van der Waals surface area contributed by atoms with Crippen LogP contribution in [0.1, 0.15) is 45.4 Å². The molecule has 82 valence electrons. The summed E-state index contributed by atoms with van der Waals surface area (Å²) in [5.74, 6) is 1.65. The van der Waals surface area contributed by atoms with Crippen LogP contribution in [0.15, 0.2) is 0 Å². The van der Waals surface area contributed by atoms with E-state index in [0.717, 1.165) is 18.3 Å². The maximum Gasteiger partial charge on any atom is 0.0810 e. The zero-order chi connectivity index (χ0) is 9.97. The van der Waals surface area contributed by atoms with Gasteiger partial charge in [-0.2, -0.15) is 0 Å². The molecule has 1 heterocycles. The molecule has 0 spiro atoms. The molecule has 14 heavy (non-hydrogen) atoms. The van der Waals surface area contributed by atoms with E-state index in [0.29, 0.717) is 6.10 Å². The number of hydrogen-bond donors (Lipinski definition) is 1. The quantitative estimate of drug-likeness (QED) is 0.738. The zero-order valence-corrected chi connectivity index (χ0v) is 9.11. The summed E-state index contributed by atoms with van der Waals surface area (Å²) in [6.45, 7) is 2.56. The fourth-order valence-corrected chi connectivity index (χ4v) is 3.03. The van der Waals surface area contributed by atoms with Crippen LogP contribution < -0.4 is 0 Å². The monoisotopic (exact) mass is 198 g/mol. The third-order valence-corrected chi connectivity index (χ3v) is 3.85. The minimum absolute atomic E-state index is 0.136. The highest BCUT2D eigenvalue weighted by Crippen LogP contribution is 2.36. The summed E-state index contributed by atoms with van der Waals surface area (Å²) in [6.07, 6.45) is 8.26. The molecule has 0 aromatic heterocycles. The standard InChI is InChI=1S/C12H22O2/c1-9-3-2-4-10(7-9)12-6-5-11(8-13)14-12/h9-13H,2-8H2,1H3. The van der Waals surface area contributed by atoms with Crippen LogP contribution in [-0.4, -0.2) is 23.9 Å². The first kappa shape index (κ1) is 10.4. The highest BCUT2D eigenvalue weighted by molar-refractivity contribution is 4.82. The van der Waals surface area contributed by atoms with E-state index in [9.17, 15) is 0 Å². The first-order chi connectivity index (χ1) is 6.79. The van der Waals surface area contributed by atoms with Gasteiger partial charge in [0.1, 0.15) is 0 Å². The first-order valence-corrected chi connectivity index (χ1v) is 6.06. The Labute approximate surface area is 86.6 Å². The average molecular weight is 198 g/mol. The lowest BCUT2D eigenvalue weighted by Gasteiger charge is -2.31. The fraction of sp³-hybridized carbons (Fsp3) is 1.00. The Balaban J connectivity index is 1.83. The Morgan fingerprint density at radius 3 is 2.71 bits per heavy atom. The summed E-state index contributed by atoms with van der Waals surface area (Å²) in [7, 11) is 0. The van der Waals surface area contributed by atoms with E-state index in [4.69, 9.17) is 9.84 Å². The minimum atomic E-state index is 0.136. The minimum Gasteiger partial charge on any atom is -0.394 e. The van der Waals surface area contributed by atoms with Crippen molar-refractivity contribution < 1.29 is 9.84 Å². The van der Waals surface area contributed by atoms with Gasteiger partial charge < -0.3 is 9.84 Å². The maximum atomic E-state index is 9.01. The number of hydrogen-bond acceptors (Lipinski definition) is 2. The molecule has 1 saturated carbocycles. The summed E-state index contributed by atoms with van der Waals surface area (Å²) >= 11 is 0. The van der Waals surface area contributed by atoms with Crippen molar-refractivity contribution in [1.82, 2.24) is 0 Å². The maximum absolute atomic E-state index is 9.01. The van der Waals surface area contributed by atoms with Gasteiger partial charge in [-0.15, -0.1) is 0 Å². The molecule has 1 saturated heterocycles. The molecule has 0 amide bonds. The fourth-order valence-electron chi connectivity index (χ4n) is 3.03. The van der Waals surface area contributed by atoms with Gasteiger partial charge in [0, 0.05) is 0 Å². The van der Waals surface area contributed by atoms with E-state index < -0.39 is 0 Å². The van der Waals surface area contributed by atoms with Gasteiger partial charge in [-0.05, 0) is 37.5 Å². The molecule has 2 nitrogen and oxygen atoms in total. The third-order valence-electron chi connectivity index (χ3n) is 3.85. The van der Waals surface area contributed by atoms with Crippen LogP contribution in [0.5, 0.6) is 0 Å². The normalized spacial score (nSPS) is 44.1. The Morgan fingerprint density at radius 1 is 1.21 bits per heavy atom. The SMILES string of the molecule is CC1CCCC(C2CCC(CO)O2)C1. The topological polar surface area (TPSA) is 29.5 Å². The summed E-state index contributed by atoms with van der Waals surface area (Å²) in [6, 6.07) is 0. The molecule has 0 radical (unpaired) electrons. The molecular formula is C12H22O2. The molecule has 2 heteroatoms. The smallest absolute Gasteiger partial charge is 0.0810 e. The predicted octanol–water partition coefficient (Wildman–Crippen LogP) is 2.35. The van der Waals surface area contributed by atoms with E-state index in [-0.39, 0.29) is 12.7 Å². The number of aliphatic hydroxyl groups excluding tert-OH is 1. The Kier molecular flexibility index (Phi) is 3.45. The van der Waals surface area contributed by atoms with Crippen molar-refractivity contribution in [3.05, 3.63) is 0 Å². The lowest BCUT2D eigenvalue weighted by atomic mass is 9.79. The molecule has 1 aliphatic heterocycles. The van der Waals surface area contributed by atoms with Gasteiger partial charge in [-0.3, -0.25) is 0 Å². The second-order valence-corrected chi connectivity index (χ2v) is 5.09. The molecule has 4 unspecified atom stereocenters. The molecule has 0 aromatic carbocycles. The van der Waals surface area contributed by atoms with Crippen molar-refractivity contribution in [2.45, 2.75) is 57.7 Å². The average Bonchev–Trinajstić information content (AvgIpc) is 2.66. The van der Waals surface area contributed by atoms with Gasteiger partial charge >= 0.3 is 0 Å². The summed E-state index contributed by atoms with van der Waals surface area (Å²) < 4.78 is 5.85. The van der Waals surface area contributed by atoms with Crippen LogP contribution in [0.2, 0.25) is 0 Å². The Bertz CT molecular complexity index is 181. The molecule has 4 atom stereocenters. The lowest BCUT2D eigenvalue weighted by molar-refractivity contribution is -0.0259. The van der Waals surface area contributed by atoms with Crippen molar-refractivity contribution >= 4 is 0 Å². The number of rotatable bonds is 2. The van der Waals surface area contributed by atoms with Gasteiger partial charge in [0.15, 0.2) is 0 Å². The first-order valence-electron chi connectivity index (χ1n) is 6.06. The number of ether oxygens (including phenoxy) is 1. The summed E-state index contributed by atoms with van der Waals surface area (Å²) in [5.41, 5.74) is 0. The van der Waals surface area contributed by atoms with E-state index in [1.54, 1.807) is 0 Å². The Morgan fingerprint density at radius 2 is 2.07 bits per heavy atom. The van der Waals surface area contributed by atoms with Crippen LogP contribution in [0, 0.1) is 11.8 Å². The van der Waals surface area contributed by atoms with Crippen molar-refractivity contribution in [1.29, 1.82) is 0 Å². The van der Waals surface area contributed by atoms with Crippen molar-refractivity contribution in [3.63, 3.8) is 0 Å². The van der Waals surface area contributed by atoms with Crippen molar-refractivity contribution in [2.75, 3.05) is 6.61 Å². The molecule has 1 aliphatic carbocycles. The largest absolute Gasteiger partial charge is 0.394 e. The Hall–Kier alpha value is -0.0800. The number of aliphatic hydroxyl groups is 1. The predicted molar refractivity (Wildman–Crippen MR) is 56.1 cm³/mol. The highest BCUT2D eigenvalue weighted by atomic mass is 16.5. The molecule has 2 aliphatic rings. The second kappa shape index (κ2) is 4.63. The van der Waals surface area contributed by atoms with Crippen LogP contribution in [0.25, 0.3) is 0 Å². The van der Waals surface area contributed by atoms with Gasteiger partial charge in [-0.1, -0.05) is 19.8 Å². The van der Waals surface area contributed by atoms with E-state index in [2.05, 4.69) is 6.92 Å². The molecule has 0 bridgehead atoms. The van der Waals surface area contributed by atoms with Crippen LogP contribution in [0.4, 0.5) is 0 Å². The third kappa shape index (κ3) is 2.29. The second-order valence-electron chi connectivity index (χ2n) is 5.09. The highest BCUT2D eigenvalue weighted by Gasteiger charge is 2.33. The van der Waals surface area contributed by atoms with E-state index in [1.807, 2.05) is 0 Å². The van der Waals surface area contributed by atoms with E-state index >= 15 is 0 Å². The molecule has 1 N–H and O–H groups in total. The van der Waals surface area contributed by atoms with E-state index in [1.165, 1.54) is 32.1 Å². The summed E-state index contributed by atoms with van der Waals surface area (Å²) in [4.78, 5) is 0. The van der Waals surface area contributed by atoms with Gasteiger partial charge in [0.25, 0.3) is 0 Å². The van der Waals surface area contributed by atoms with Crippen LogP contribution >= 0.6 is 0 Å². The lowest BCUT2D eigenvalue weighted by Crippen LogP contribution is -2.27. The van der Waals surface area contributed by atoms with Gasteiger partial charge in [0.05, 0.1) is 18.8 Å². The molecule has 0 aromatic rings. The van der Waals surface area contributed by atoms with Crippen LogP contribution in [-0.2, 0) is 4.74 Å². The van der Waals surface area contributed by atoms with Crippen molar-refractivity contribution in [3.8, 4) is 0 Å². The van der Waals surface area contributed by atoms with Gasteiger partial charge in [-0.25, -0.2) is 0 Å². The zero-order valence-electron chi connectivity index (χ0n) is 9.11. The van der Waals surface area contributed by atoms with Crippen LogP contribution in [0.3, 0.4) is 0 Å². The molecule has 2 rings (SSSR count). The van der Waals surface area contributed by atoms with Crippen molar-refractivity contribution in [2.24, 2.45) is 11.8 Å². The summed E-state index contributed by atoms with van der Waals surface area (Å²) in [5, 5.41) is 9.01. The van der Waals surface area contributed by atoms with Gasteiger partial charge in [0.2, 0.25) is 0 Å². The molecular weight excluding hydrogens is 176 g/mol.